The number of aromatic carboxylic acids is 1. The van der Waals surface area contributed by atoms with Gasteiger partial charge in [0.25, 0.3) is 0 Å². The molecule has 0 aliphatic rings. The third-order valence-corrected chi connectivity index (χ3v) is 1.84. The molecule has 0 spiro atoms. The lowest BCUT2D eigenvalue weighted by Crippen LogP contribution is -2.02. The number of aromatic amines is 1. The average molecular weight is 198 g/mol. The van der Waals surface area contributed by atoms with E-state index < -0.39 is 5.97 Å². The second-order valence-corrected chi connectivity index (χ2v) is 3.34. The molecule has 0 fully saturated rings. The van der Waals surface area contributed by atoms with Gasteiger partial charge in [0.15, 0.2) is 5.69 Å². The largest absolute Gasteiger partial charge is 0.476 e. The zero-order valence-corrected chi connectivity index (χ0v) is 8.50. The molecule has 0 unspecified atom stereocenters. The Morgan fingerprint density at radius 3 is 2.71 bits per heavy atom. The maximum Gasteiger partial charge on any atom is 0.356 e. The molecule has 0 aliphatic heterocycles. The Morgan fingerprint density at radius 1 is 1.64 bits per heavy atom. The minimum atomic E-state index is -1.03. The standard InChI is InChI=1S/C9H14N2O3/c1-5(2)8-10-6(4-14-3)7(11-8)9(12)13/h5H,4H2,1-3H3,(H,10,11)(H,12,13). The highest BCUT2D eigenvalue weighted by molar-refractivity contribution is 5.86. The van der Waals surface area contributed by atoms with Crippen LogP contribution in [0.2, 0.25) is 0 Å². The van der Waals surface area contributed by atoms with Gasteiger partial charge in [0, 0.05) is 13.0 Å². The van der Waals surface area contributed by atoms with Crippen molar-refractivity contribution in [2.75, 3.05) is 7.11 Å². The number of aromatic nitrogens is 2. The van der Waals surface area contributed by atoms with Crippen molar-refractivity contribution in [2.45, 2.75) is 26.4 Å². The summed E-state index contributed by atoms with van der Waals surface area (Å²) >= 11 is 0. The summed E-state index contributed by atoms with van der Waals surface area (Å²) in [6.07, 6.45) is 0. The normalized spacial score (nSPS) is 10.9. The number of nitrogens with zero attached hydrogens (tertiary/aromatic N) is 1. The molecule has 0 saturated heterocycles. The van der Waals surface area contributed by atoms with Gasteiger partial charge in [0.1, 0.15) is 5.82 Å². The highest BCUT2D eigenvalue weighted by atomic mass is 16.5. The topological polar surface area (TPSA) is 75.2 Å². The van der Waals surface area contributed by atoms with Gasteiger partial charge in [-0.2, -0.15) is 0 Å². The van der Waals surface area contributed by atoms with E-state index in [1.807, 2.05) is 13.8 Å². The van der Waals surface area contributed by atoms with Crippen LogP contribution in [0.3, 0.4) is 0 Å². The van der Waals surface area contributed by atoms with Crippen LogP contribution >= 0.6 is 0 Å². The molecule has 0 aromatic carbocycles. The van der Waals surface area contributed by atoms with Crippen molar-refractivity contribution in [1.29, 1.82) is 0 Å². The SMILES string of the molecule is COCc1[nH]c(C(C)C)nc1C(=O)O. The van der Waals surface area contributed by atoms with Crippen molar-refractivity contribution in [2.24, 2.45) is 0 Å². The first kappa shape index (κ1) is 10.7. The molecule has 1 aromatic rings. The highest BCUT2D eigenvalue weighted by Gasteiger charge is 2.17. The Hall–Kier alpha value is -1.36. The molecule has 0 saturated carbocycles. The van der Waals surface area contributed by atoms with Gasteiger partial charge < -0.3 is 14.8 Å². The lowest BCUT2D eigenvalue weighted by Gasteiger charge is -1.97. The van der Waals surface area contributed by atoms with Crippen LogP contribution < -0.4 is 0 Å². The van der Waals surface area contributed by atoms with E-state index in [0.29, 0.717) is 11.5 Å². The van der Waals surface area contributed by atoms with Gasteiger partial charge in [-0.1, -0.05) is 13.8 Å². The zero-order valence-electron chi connectivity index (χ0n) is 8.50. The molecular weight excluding hydrogens is 184 g/mol. The third-order valence-electron chi connectivity index (χ3n) is 1.84. The summed E-state index contributed by atoms with van der Waals surface area (Å²) in [5.74, 6) is -0.173. The van der Waals surface area contributed by atoms with Gasteiger partial charge in [0.05, 0.1) is 12.3 Å². The molecule has 5 nitrogen and oxygen atoms in total. The fourth-order valence-electron chi connectivity index (χ4n) is 1.13. The summed E-state index contributed by atoms with van der Waals surface area (Å²) in [5, 5.41) is 8.85. The molecule has 0 bridgehead atoms. The van der Waals surface area contributed by atoms with Crippen LogP contribution in [0, 0.1) is 0 Å². The molecule has 5 heteroatoms. The molecule has 14 heavy (non-hydrogen) atoms. The predicted molar refractivity (Wildman–Crippen MR) is 50.3 cm³/mol. The monoisotopic (exact) mass is 198 g/mol. The smallest absolute Gasteiger partial charge is 0.356 e. The number of hydrogen-bond acceptors (Lipinski definition) is 3. The Bertz CT molecular complexity index is 331. The highest BCUT2D eigenvalue weighted by Crippen LogP contribution is 2.14. The van der Waals surface area contributed by atoms with Crippen molar-refractivity contribution in [3.05, 3.63) is 17.2 Å². The van der Waals surface area contributed by atoms with Gasteiger partial charge >= 0.3 is 5.97 Å². The van der Waals surface area contributed by atoms with Crippen LogP contribution in [-0.4, -0.2) is 28.2 Å². The van der Waals surface area contributed by atoms with Gasteiger partial charge in [0.2, 0.25) is 0 Å². The molecule has 1 heterocycles. The maximum absolute atomic E-state index is 10.8. The van der Waals surface area contributed by atoms with E-state index in [1.54, 1.807) is 0 Å². The summed E-state index contributed by atoms with van der Waals surface area (Å²) in [6.45, 7) is 4.13. The molecule has 0 aliphatic carbocycles. The van der Waals surface area contributed by atoms with Crippen molar-refractivity contribution >= 4 is 5.97 Å². The molecule has 2 N–H and O–H groups in total. The quantitative estimate of drug-likeness (QED) is 0.766. The molecule has 0 amide bonds. The number of nitrogens with one attached hydrogen (secondary N) is 1. The fraction of sp³-hybridized carbons (Fsp3) is 0.556. The van der Waals surface area contributed by atoms with Gasteiger partial charge in [-0.15, -0.1) is 0 Å². The Balaban J connectivity index is 3.05. The van der Waals surface area contributed by atoms with Crippen LogP contribution in [0.1, 0.15) is 41.8 Å². The molecule has 0 atom stereocenters. The molecular formula is C9H14N2O3. The minimum Gasteiger partial charge on any atom is -0.476 e. The number of carbonyl (C=O) groups is 1. The number of methoxy groups -OCH3 is 1. The van der Waals surface area contributed by atoms with Gasteiger partial charge in [-0.3, -0.25) is 0 Å². The molecule has 0 radical (unpaired) electrons. The van der Waals surface area contributed by atoms with E-state index in [1.165, 1.54) is 7.11 Å². The van der Waals surface area contributed by atoms with E-state index in [-0.39, 0.29) is 18.2 Å². The summed E-state index contributed by atoms with van der Waals surface area (Å²) in [6, 6.07) is 0. The Morgan fingerprint density at radius 2 is 2.29 bits per heavy atom. The first-order valence-electron chi connectivity index (χ1n) is 4.37. The number of imidazole rings is 1. The van der Waals surface area contributed by atoms with E-state index in [9.17, 15) is 4.79 Å². The lowest BCUT2D eigenvalue weighted by atomic mass is 10.2. The van der Waals surface area contributed by atoms with E-state index in [4.69, 9.17) is 9.84 Å². The van der Waals surface area contributed by atoms with E-state index in [0.717, 1.165) is 0 Å². The summed E-state index contributed by atoms with van der Waals surface area (Å²) in [5.41, 5.74) is 0.569. The van der Waals surface area contributed by atoms with E-state index in [2.05, 4.69) is 9.97 Å². The Labute approximate surface area is 82.1 Å². The number of hydrogen-bond donors (Lipinski definition) is 2. The third kappa shape index (κ3) is 2.11. The summed E-state index contributed by atoms with van der Waals surface area (Å²) in [4.78, 5) is 17.7. The van der Waals surface area contributed by atoms with Crippen LogP contribution in [-0.2, 0) is 11.3 Å². The van der Waals surface area contributed by atoms with E-state index >= 15 is 0 Å². The maximum atomic E-state index is 10.8. The number of carboxylic acids is 1. The predicted octanol–water partition coefficient (Wildman–Crippen LogP) is 1.38. The zero-order chi connectivity index (χ0) is 10.7. The van der Waals surface area contributed by atoms with Crippen molar-refractivity contribution in [3.8, 4) is 0 Å². The minimum absolute atomic E-state index is 0.0514. The number of H-pyrrole nitrogens is 1. The average Bonchev–Trinajstić information content (AvgIpc) is 2.49. The fourth-order valence-corrected chi connectivity index (χ4v) is 1.13. The first-order chi connectivity index (χ1) is 6.56. The van der Waals surface area contributed by atoms with Crippen molar-refractivity contribution in [1.82, 2.24) is 9.97 Å². The first-order valence-corrected chi connectivity index (χ1v) is 4.37. The summed E-state index contributed by atoms with van der Waals surface area (Å²) < 4.78 is 4.88. The molecule has 78 valence electrons. The number of carboxylic acid groups (broad SMARTS) is 1. The van der Waals surface area contributed by atoms with Crippen molar-refractivity contribution in [3.63, 3.8) is 0 Å². The number of rotatable bonds is 4. The van der Waals surface area contributed by atoms with Crippen LogP contribution in [0.15, 0.2) is 0 Å². The second kappa shape index (κ2) is 4.23. The number of ether oxygens (including phenoxy) is 1. The van der Waals surface area contributed by atoms with Gasteiger partial charge in [-0.25, -0.2) is 9.78 Å². The van der Waals surface area contributed by atoms with Gasteiger partial charge in [-0.05, 0) is 0 Å². The van der Waals surface area contributed by atoms with Crippen LogP contribution in [0.5, 0.6) is 0 Å². The Kier molecular flexibility index (Phi) is 3.24. The second-order valence-electron chi connectivity index (χ2n) is 3.34. The molecule has 1 aromatic heterocycles. The van der Waals surface area contributed by atoms with Crippen molar-refractivity contribution < 1.29 is 14.6 Å². The summed E-state index contributed by atoms with van der Waals surface area (Å²) in [7, 11) is 1.52. The van der Waals surface area contributed by atoms with Crippen LogP contribution in [0.4, 0.5) is 0 Å². The molecule has 1 rings (SSSR count). The van der Waals surface area contributed by atoms with Crippen LogP contribution in [0.25, 0.3) is 0 Å². The lowest BCUT2D eigenvalue weighted by molar-refractivity contribution is 0.0685.